The molecule has 1 unspecified atom stereocenters. The molecule has 84 valence electrons. The second-order valence-corrected chi connectivity index (χ2v) is 4.55. The Morgan fingerprint density at radius 2 is 2.00 bits per heavy atom. The maximum absolute atomic E-state index is 5.92. The molecule has 0 amide bonds. The molecule has 0 fully saturated rings. The van der Waals surface area contributed by atoms with Crippen molar-refractivity contribution in [2.75, 3.05) is 0 Å². The van der Waals surface area contributed by atoms with Gasteiger partial charge in [0.25, 0.3) is 0 Å². The zero-order valence-corrected chi connectivity index (χ0v) is 10.7. The van der Waals surface area contributed by atoms with E-state index in [1.807, 2.05) is 43.3 Å². The summed E-state index contributed by atoms with van der Waals surface area (Å²) in [5.41, 5.74) is 6.97. The molecule has 2 nitrogen and oxygen atoms in total. The van der Waals surface area contributed by atoms with E-state index in [1.165, 1.54) is 0 Å². The van der Waals surface area contributed by atoms with Crippen molar-refractivity contribution in [1.29, 1.82) is 0 Å². The van der Waals surface area contributed by atoms with Crippen LogP contribution in [0, 0.1) is 0 Å². The Labute approximate surface area is 104 Å². The van der Waals surface area contributed by atoms with Crippen LogP contribution in [0.25, 0.3) is 11.3 Å². The summed E-state index contributed by atoms with van der Waals surface area (Å²) in [5, 5.41) is 0. The molecular weight excluding hydrogens is 266 g/mol. The smallest absolute Gasteiger partial charge is 0.135 e. The minimum atomic E-state index is -0.0174. The molecule has 2 N–H and O–H groups in total. The Bertz CT molecular complexity index is 478. The Kier molecular flexibility index (Phi) is 3.46. The van der Waals surface area contributed by atoms with Gasteiger partial charge in [0.1, 0.15) is 11.5 Å². The van der Waals surface area contributed by atoms with Gasteiger partial charge in [-0.3, -0.25) is 0 Å². The Morgan fingerprint density at radius 3 is 2.69 bits per heavy atom. The normalized spacial score (nSPS) is 12.7. The highest BCUT2D eigenvalue weighted by atomic mass is 79.9. The van der Waals surface area contributed by atoms with Crippen molar-refractivity contribution < 1.29 is 4.42 Å². The molecule has 2 aromatic rings. The van der Waals surface area contributed by atoms with Crippen LogP contribution in [0.2, 0.25) is 0 Å². The summed E-state index contributed by atoms with van der Waals surface area (Å²) < 4.78 is 6.78. The summed E-state index contributed by atoms with van der Waals surface area (Å²) in [5.74, 6) is 1.69. The third kappa shape index (κ3) is 2.20. The van der Waals surface area contributed by atoms with Crippen LogP contribution in [-0.4, -0.2) is 0 Å². The van der Waals surface area contributed by atoms with Crippen molar-refractivity contribution in [2.24, 2.45) is 5.73 Å². The van der Waals surface area contributed by atoms with E-state index in [0.29, 0.717) is 0 Å². The van der Waals surface area contributed by atoms with E-state index in [9.17, 15) is 0 Å². The molecule has 0 saturated carbocycles. The summed E-state index contributed by atoms with van der Waals surface area (Å²) in [4.78, 5) is 0. The van der Waals surface area contributed by atoms with Gasteiger partial charge in [0.05, 0.1) is 6.04 Å². The monoisotopic (exact) mass is 279 g/mol. The van der Waals surface area contributed by atoms with Gasteiger partial charge in [0, 0.05) is 10.0 Å². The fraction of sp³-hybridized carbons (Fsp3) is 0.231. The van der Waals surface area contributed by atoms with E-state index in [0.717, 1.165) is 28.0 Å². The molecule has 2 rings (SSSR count). The summed E-state index contributed by atoms with van der Waals surface area (Å²) in [7, 11) is 0. The lowest BCUT2D eigenvalue weighted by Gasteiger charge is -2.04. The van der Waals surface area contributed by atoms with Crippen molar-refractivity contribution in [1.82, 2.24) is 0 Å². The molecule has 3 heteroatoms. The van der Waals surface area contributed by atoms with Gasteiger partial charge >= 0.3 is 0 Å². The minimum absolute atomic E-state index is 0.0174. The highest BCUT2D eigenvalue weighted by Crippen LogP contribution is 2.30. The van der Waals surface area contributed by atoms with Gasteiger partial charge in [0.15, 0.2) is 0 Å². The van der Waals surface area contributed by atoms with E-state index in [1.54, 1.807) is 0 Å². The lowest BCUT2D eigenvalue weighted by Crippen LogP contribution is -2.06. The first-order valence-corrected chi connectivity index (χ1v) is 6.12. The van der Waals surface area contributed by atoms with E-state index < -0.39 is 0 Å². The average molecular weight is 280 g/mol. The molecule has 0 spiro atoms. The third-order valence-electron chi connectivity index (χ3n) is 2.57. The molecule has 0 aliphatic rings. The second-order valence-electron chi connectivity index (χ2n) is 3.70. The van der Waals surface area contributed by atoms with E-state index in [4.69, 9.17) is 10.2 Å². The predicted molar refractivity (Wildman–Crippen MR) is 69.1 cm³/mol. The molecule has 1 atom stereocenters. The van der Waals surface area contributed by atoms with Crippen LogP contribution in [0.3, 0.4) is 0 Å². The second kappa shape index (κ2) is 4.85. The van der Waals surface area contributed by atoms with Gasteiger partial charge in [-0.25, -0.2) is 0 Å². The first-order chi connectivity index (χ1) is 7.72. The molecule has 16 heavy (non-hydrogen) atoms. The van der Waals surface area contributed by atoms with Crippen molar-refractivity contribution in [3.8, 4) is 11.3 Å². The van der Waals surface area contributed by atoms with Crippen LogP contribution >= 0.6 is 15.9 Å². The SMILES string of the molecule is CCC(N)c1ccc(-c2ccccc2Br)o1. The topological polar surface area (TPSA) is 39.2 Å². The molecule has 1 aromatic carbocycles. The largest absolute Gasteiger partial charge is 0.459 e. The molecule has 0 aliphatic heterocycles. The summed E-state index contributed by atoms with van der Waals surface area (Å²) in [6, 6.07) is 11.9. The van der Waals surface area contributed by atoms with Crippen molar-refractivity contribution in [2.45, 2.75) is 19.4 Å². The lowest BCUT2D eigenvalue weighted by molar-refractivity contribution is 0.470. The third-order valence-corrected chi connectivity index (χ3v) is 3.26. The van der Waals surface area contributed by atoms with E-state index in [2.05, 4.69) is 15.9 Å². The van der Waals surface area contributed by atoms with Gasteiger partial charge in [-0.15, -0.1) is 0 Å². The lowest BCUT2D eigenvalue weighted by atomic mass is 10.2. The maximum Gasteiger partial charge on any atom is 0.135 e. The summed E-state index contributed by atoms with van der Waals surface area (Å²) in [6.07, 6.45) is 0.878. The predicted octanol–water partition coefficient (Wildman–Crippen LogP) is 4.12. The van der Waals surface area contributed by atoms with Gasteiger partial charge in [-0.05, 0) is 24.6 Å². The number of halogens is 1. The van der Waals surface area contributed by atoms with Gasteiger partial charge in [0.2, 0.25) is 0 Å². The summed E-state index contributed by atoms with van der Waals surface area (Å²) >= 11 is 3.51. The van der Waals surface area contributed by atoms with Crippen molar-refractivity contribution in [3.05, 3.63) is 46.6 Å². The number of furan rings is 1. The molecule has 1 heterocycles. The number of nitrogens with two attached hydrogens (primary N) is 1. The van der Waals surface area contributed by atoms with Crippen LogP contribution in [-0.2, 0) is 0 Å². The molecule has 0 aliphatic carbocycles. The molecule has 0 saturated heterocycles. The molecule has 1 aromatic heterocycles. The number of benzene rings is 1. The highest BCUT2D eigenvalue weighted by molar-refractivity contribution is 9.10. The Hall–Kier alpha value is -1.06. The van der Waals surface area contributed by atoms with Crippen LogP contribution in [0.5, 0.6) is 0 Å². The number of hydrogen-bond acceptors (Lipinski definition) is 2. The molecule has 0 radical (unpaired) electrons. The van der Waals surface area contributed by atoms with Crippen LogP contribution < -0.4 is 5.73 Å². The van der Waals surface area contributed by atoms with Crippen LogP contribution in [0.15, 0.2) is 45.3 Å². The number of hydrogen-bond donors (Lipinski definition) is 1. The molecule has 0 bridgehead atoms. The fourth-order valence-corrected chi connectivity index (χ4v) is 2.04. The Morgan fingerprint density at radius 1 is 1.25 bits per heavy atom. The average Bonchev–Trinajstić information content (AvgIpc) is 2.78. The zero-order valence-electron chi connectivity index (χ0n) is 9.11. The van der Waals surface area contributed by atoms with Gasteiger partial charge < -0.3 is 10.2 Å². The van der Waals surface area contributed by atoms with E-state index >= 15 is 0 Å². The first-order valence-electron chi connectivity index (χ1n) is 5.32. The van der Waals surface area contributed by atoms with Crippen molar-refractivity contribution >= 4 is 15.9 Å². The number of rotatable bonds is 3. The summed E-state index contributed by atoms with van der Waals surface area (Å²) in [6.45, 7) is 2.05. The molecular formula is C13H14BrNO. The first kappa shape index (κ1) is 11.4. The van der Waals surface area contributed by atoms with Crippen LogP contribution in [0.1, 0.15) is 25.1 Å². The van der Waals surface area contributed by atoms with Gasteiger partial charge in [-0.2, -0.15) is 0 Å². The minimum Gasteiger partial charge on any atom is -0.459 e. The standard InChI is InChI=1S/C13H14BrNO/c1-2-11(15)13-8-7-12(16-13)9-5-3-4-6-10(9)14/h3-8,11H,2,15H2,1H3. The van der Waals surface area contributed by atoms with Gasteiger partial charge in [-0.1, -0.05) is 41.1 Å². The van der Waals surface area contributed by atoms with E-state index in [-0.39, 0.29) is 6.04 Å². The van der Waals surface area contributed by atoms with Crippen molar-refractivity contribution in [3.63, 3.8) is 0 Å². The quantitative estimate of drug-likeness (QED) is 0.918. The highest BCUT2D eigenvalue weighted by Gasteiger charge is 2.11. The maximum atomic E-state index is 5.92. The zero-order chi connectivity index (χ0) is 11.5. The van der Waals surface area contributed by atoms with Crippen LogP contribution in [0.4, 0.5) is 0 Å². The Balaban J connectivity index is 2.35. The fourth-order valence-electron chi connectivity index (χ4n) is 1.56.